The summed E-state index contributed by atoms with van der Waals surface area (Å²) in [6.45, 7) is 7.75. The molecule has 0 heterocycles. The largest absolute Gasteiger partial charge is 0.494 e. The highest BCUT2D eigenvalue weighted by atomic mass is 32.2. The van der Waals surface area contributed by atoms with E-state index in [0.29, 0.717) is 18.0 Å². The molecule has 2 aromatic carbocycles. The van der Waals surface area contributed by atoms with Crippen molar-refractivity contribution in [2.24, 2.45) is 0 Å². The predicted octanol–water partition coefficient (Wildman–Crippen LogP) is 3.57. The van der Waals surface area contributed by atoms with E-state index in [1.54, 1.807) is 57.2 Å². The highest BCUT2D eigenvalue weighted by Gasteiger charge is 2.22. The number of amides is 1. The van der Waals surface area contributed by atoms with Crippen LogP contribution in [0, 0.1) is 0 Å². The summed E-state index contributed by atoms with van der Waals surface area (Å²) in [5.74, 6) is 0.884. The highest BCUT2D eigenvalue weighted by Crippen LogP contribution is 2.19. The Hall–Kier alpha value is -2.58. The minimum absolute atomic E-state index is 0.0776. The van der Waals surface area contributed by atoms with Crippen LogP contribution in [-0.2, 0) is 14.8 Å². The normalized spacial score (nSPS) is 11.7. The van der Waals surface area contributed by atoms with Crippen molar-refractivity contribution in [3.63, 3.8) is 0 Å². The van der Waals surface area contributed by atoms with Gasteiger partial charge in [0.15, 0.2) is 6.61 Å². The number of hydrogen-bond donors (Lipinski definition) is 2. The van der Waals surface area contributed by atoms with E-state index < -0.39 is 21.5 Å². The Morgan fingerprint density at radius 1 is 1.00 bits per heavy atom. The number of sulfonamides is 1. The van der Waals surface area contributed by atoms with E-state index in [1.165, 1.54) is 12.1 Å². The summed E-state index contributed by atoms with van der Waals surface area (Å²) in [4.78, 5) is 12.2. The van der Waals surface area contributed by atoms with Gasteiger partial charge in [-0.1, -0.05) is 13.0 Å². The first-order valence-corrected chi connectivity index (χ1v) is 10.9. The Morgan fingerprint density at radius 2 is 1.62 bits per heavy atom. The average molecular weight is 421 g/mol. The molecule has 8 heteroatoms. The third-order valence-electron chi connectivity index (χ3n) is 3.54. The van der Waals surface area contributed by atoms with Gasteiger partial charge in [0.1, 0.15) is 11.5 Å². The number of carbonyl (C=O) groups is 1. The number of ether oxygens (including phenoxy) is 2. The SMILES string of the molecule is CCCOc1ccc(OCC(=O)Nc2cccc(S(=O)(=O)NC(C)(C)C)c2)cc1. The Labute approximate surface area is 172 Å². The lowest BCUT2D eigenvalue weighted by Gasteiger charge is -2.20. The maximum absolute atomic E-state index is 12.4. The van der Waals surface area contributed by atoms with Gasteiger partial charge in [-0.3, -0.25) is 4.79 Å². The summed E-state index contributed by atoms with van der Waals surface area (Å²) in [5, 5.41) is 2.65. The van der Waals surface area contributed by atoms with Crippen molar-refractivity contribution in [3.05, 3.63) is 48.5 Å². The summed E-state index contributed by atoms with van der Waals surface area (Å²) in [5.41, 5.74) is -0.234. The van der Waals surface area contributed by atoms with Crippen LogP contribution < -0.4 is 19.5 Å². The van der Waals surface area contributed by atoms with Gasteiger partial charge in [0.25, 0.3) is 5.91 Å². The molecule has 0 aliphatic heterocycles. The summed E-state index contributed by atoms with van der Waals surface area (Å²) >= 11 is 0. The minimum atomic E-state index is -3.69. The molecule has 0 aromatic heterocycles. The van der Waals surface area contributed by atoms with Crippen LogP contribution in [0.4, 0.5) is 5.69 Å². The van der Waals surface area contributed by atoms with Gasteiger partial charge in [-0.15, -0.1) is 0 Å². The zero-order chi connectivity index (χ0) is 21.5. The highest BCUT2D eigenvalue weighted by molar-refractivity contribution is 7.89. The molecule has 7 nitrogen and oxygen atoms in total. The van der Waals surface area contributed by atoms with Crippen molar-refractivity contribution in [1.29, 1.82) is 0 Å². The molecule has 0 aliphatic rings. The molecule has 2 rings (SSSR count). The number of carbonyl (C=O) groups excluding carboxylic acids is 1. The van der Waals surface area contributed by atoms with E-state index >= 15 is 0 Å². The molecule has 29 heavy (non-hydrogen) atoms. The van der Waals surface area contributed by atoms with E-state index in [9.17, 15) is 13.2 Å². The van der Waals surface area contributed by atoms with Crippen LogP contribution in [0.1, 0.15) is 34.1 Å². The van der Waals surface area contributed by atoms with Crippen LogP contribution in [0.5, 0.6) is 11.5 Å². The van der Waals surface area contributed by atoms with E-state index in [1.807, 2.05) is 6.92 Å². The van der Waals surface area contributed by atoms with Crippen LogP contribution in [0.2, 0.25) is 0 Å². The maximum Gasteiger partial charge on any atom is 0.262 e. The van der Waals surface area contributed by atoms with Gasteiger partial charge in [-0.2, -0.15) is 0 Å². The second kappa shape index (κ2) is 9.76. The summed E-state index contributed by atoms with van der Waals surface area (Å²) < 4.78 is 38.4. The fourth-order valence-corrected chi connectivity index (χ4v) is 3.86. The van der Waals surface area contributed by atoms with E-state index in [2.05, 4.69) is 10.0 Å². The lowest BCUT2D eigenvalue weighted by molar-refractivity contribution is -0.118. The Kier molecular flexibility index (Phi) is 7.64. The molecular weight excluding hydrogens is 392 g/mol. The van der Waals surface area contributed by atoms with Crippen molar-refractivity contribution < 1.29 is 22.7 Å². The molecular formula is C21H28N2O5S. The maximum atomic E-state index is 12.4. The predicted molar refractivity (Wildman–Crippen MR) is 113 cm³/mol. The van der Waals surface area contributed by atoms with Gasteiger partial charge < -0.3 is 14.8 Å². The van der Waals surface area contributed by atoms with Crippen LogP contribution in [-0.4, -0.2) is 33.1 Å². The first kappa shape index (κ1) is 22.7. The van der Waals surface area contributed by atoms with Crippen LogP contribution in [0.3, 0.4) is 0 Å². The molecule has 0 atom stereocenters. The lowest BCUT2D eigenvalue weighted by atomic mass is 10.1. The second-order valence-electron chi connectivity index (χ2n) is 7.54. The molecule has 0 fully saturated rings. The number of rotatable bonds is 9. The number of anilines is 1. The van der Waals surface area contributed by atoms with Crippen LogP contribution in [0.25, 0.3) is 0 Å². The van der Waals surface area contributed by atoms with Crippen molar-refractivity contribution >= 4 is 21.6 Å². The van der Waals surface area contributed by atoms with Gasteiger partial charge in [0, 0.05) is 11.2 Å². The third-order valence-corrected chi connectivity index (χ3v) is 5.29. The average Bonchev–Trinajstić information content (AvgIpc) is 2.64. The van der Waals surface area contributed by atoms with Crippen molar-refractivity contribution in [2.75, 3.05) is 18.5 Å². The smallest absolute Gasteiger partial charge is 0.262 e. The molecule has 0 saturated heterocycles. The van der Waals surface area contributed by atoms with Gasteiger partial charge in [0.2, 0.25) is 10.0 Å². The van der Waals surface area contributed by atoms with Gasteiger partial charge in [-0.05, 0) is 69.7 Å². The molecule has 0 unspecified atom stereocenters. The molecule has 0 bridgehead atoms. The molecule has 1 amide bonds. The third kappa shape index (κ3) is 7.75. The number of nitrogens with one attached hydrogen (secondary N) is 2. The fraction of sp³-hybridized carbons (Fsp3) is 0.381. The first-order chi connectivity index (χ1) is 13.6. The lowest BCUT2D eigenvalue weighted by Crippen LogP contribution is -2.40. The number of hydrogen-bond acceptors (Lipinski definition) is 5. The van der Waals surface area contributed by atoms with E-state index in [-0.39, 0.29) is 11.5 Å². The summed E-state index contributed by atoms with van der Waals surface area (Å²) in [6.07, 6.45) is 0.924. The Morgan fingerprint density at radius 3 is 2.21 bits per heavy atom. The van der Waals surface area contributed by atoms with E-state index in [4.69, 9.17) is 9.47 Å². The Bertz CT molecular complexity index is 919. The second-order valence-corrected chi connectivity index (χ2v) is 9.22. The monoisotopic (exact) mass is 420 g/mol. The minimum Gasteiger partial charge on any atom is -0.494 e. The summed E-state index contributed by atoms with van der Waals surface area (Å²) in [7, 11) is -3.69. The molecule has 0 saturated carbocycles. The molecule has 0 radical (unpaired) electrons. The van der Waals surface area contributed by atoms with Crippen molar-refractivity contribution in [3.8, 4) is 11.5 Å². The molecule has 0 aliphatic carbocycles. The van der Waals surface area contributed by atoms with E-state index in [0.717, 1.165) is 12.2 Å². The summed E-state index contributed by atoms with van der Waals surface area (Å²) in [6, 6.07) is 13.1. The quantitative estimate of drug-likeness (QED) is 0.647. The first-order valence-electron chi connectivity index (χ1n) is 9.38. The molecule has 158 valence electrons. The van der Waals surface area contributed by atoms with Crippen LogP contribution in [0.15, 0.2) is 53.4 Å². The topological polar surface area (TPSA) is 93.7 Å². The van der Waals surface area contributed by atoms with Gasteiger partial charge in [0.05, 0.1) is 11.5 Å². The fourth-order valence-electron chi connectivity index (χ4n) is 2.40. The zero-order valence-electron chi connectivity index (χ0n) is 17.2. The zero-order valence-corrected chi connectivity index (χ0v) is 18.0. The van der Waals surface area contributed by atoms with Gasteiger partial charge in [-0.25, -0.2) is 13.1 Å². The molecule has 2 N–H and O–H groups in total. The Balaban J connectivity index is 1.94. The van der Waals surface area contributed by atoms with Crippen molar-refractivity contribution in [2.45, 2.75) is 44.6 Å². The van der Waals surface area contributed by atoms with Crippen LogP contribution >= 0.6 is 0 Å². The molecule has 2 aromatic rings. The van der Waals surface area contributed by atoms with Gasteiger partial charge >= 0.3 is 0 Å². The number of benzene rings is 2. The van der Waals surface area contributed by atoms with Crippen molar-refractivity contribution in [1.82, 2.24) is 4.72 Å². The standard InChI is InChI=1S/C21H28N2O5S/c1-5-13-27-17-9-11-18(12-10-17)28-15-20(24)22-16-7-6-8-19(14-16)29(25,26)23-21(2,3)4/h6-12,14,23H,5,13,15H2,1-4H3,(H,22,24). The molecule has 0 spiro atoms.